The molecule has 0 aromatic carbocycles. The van der Waals surface area contributed by atoms with E-state index in [9.17, 15) is 9.59 Å². The van der Waals surface area contributed by atoms with Crippen molar-refractivity contribution in [3.8, 4) is 0 Å². The lowest BCUT2D eigenvalue weighted by Gasteiger charge is -2.08. The van der Waals surface area contributed by atoms with Gasteiger partial charge in [-0.05, 0) is 62.7 Å². The summed E-state index contributed by atoms with van der Waals surface area (Å²) in [6, 6.07) is -0.817. The van der Waals surface area contributed by atoms with Crippen LogP contribution in [0.25, 0.3) is 0 Å². The van der Waals surface area contributed by atoms with E-state index in [0.717, 1.165) is 24.7 Å². The standard InChI is InChI=1S/C17H28N2O4/c18-15(16(20)21)9-5-6-10-19-17(22)23-11-14-12-7-3-1-2-4-8-13(12)14/h1-2,12-15H,3-11,18H2,(H,19,22)(H,20,21)/b2-1+/t12-,13+,14+,15-/m0/s1. The zero-order valence-corrected chi connectivity index (χ0v) is 13.6. The van der Waals surface area contributed by atoms with Crippen LogP contribution in [-0.2, 0) is 9.53 Å². The quantitative estimate of drug-likeness (QED) is 0.470. The average Bonchev–Trinajstić information content (AvgIpc) is 3.14. The van der Waals surface area contributed by atoms with Crippen molar-refractivity contribution in [2.45, 2.75) is 51.0 Å². The van der Waals surface area contributed by atoms with Crippen LogP contribution in [0.2, 0.25) is 0 Å². The lowest BCUT2D eigenvalue weighted by atomic mass is 10.1. The van der Waals surface area contributed by atoms with Crippen molar-refractivity contribution in [1.82, 2.24) is 5.32 Å². The Bertz CT molecular complexity index is 422. The number of rotatable bonds is 8. The van der Waals surface area contributed by atoms with Gasteiger partial charge >= 0.3 is 12.1 Å². The maximum Gasteiger partial charge on any atom is 0.407 e. The Labute approximate surface area is 137 Å². The molecular formula is C17H28N2O4. The molecule has 2 rings (SSSR count). The van der Waals surface area contributed by atoms with Gasteiger partial charge in [-0.1, -0.05) is 12.2 Å². The fraction of sp³-hybridized carbons (Fsp3) is 0.765. The summed E-state index contributed by atoms with van der Waals surface area (Å²) in [7, 11) is 0. The Kier molecular flexibility index (Phi) is 6.89. The minimum Gasteiger partial charge on any atom is -0.480 e. The number of carbonyl (C=O) groups excluding carboxylic acids is 1. The number of amides is 1. The first kappa shape index (κ1) is 17.8. The Morgan fingerprint density at radius 2 is 1.87 bits per heavy atom. The smallest absolute Gasteiger partial charge is 0.407 e. The van der Waals surface area contributed by atoms with Gasteiger partial charge in [-0.3, -0.25) is 4.79 Å². The van der Waals surface area contributed by atoms with E-state index in [1.165, 1.54) is 12.8 Å². The third kappa shape index (κ3) is 5.86. The number of nitrogens with two attached hydrogens (primary N) is 1. The SMILES string of the molecule is N[C@@H](CCCCNC(=O)OC[C@H]1[C@@H]2CC/C=C/CC[C@@H]21)C(=O)O. The highest BCUT2D eigenvalue weighted by atomic mass is 16.5. The maximum atomic E-state index is 11.7. The van der Waals surface area contributed by atoms with E-state index in [1.807, 2.05) is 0 Å². The molecule has 1 saturated carbocycles. The maximum absolute atomic E-state index is 11.7. The summed E-state index contributed by atoms with van der Waals surface area (Å²) in [6.45, 7) is 1.01. The van der Waals surface area contributed by atoms with Crippen molar-refractivity contribution in [3.05, 3.63) is 12.2 Å². The van der Waals surface area contributed by atoms with E-state index in [0.29, 0.717) is 38.3 Å². The van der Waals surface area contributed by atoms with Crippen LogP contribution in [0.1, 0.15) is 44.9 Å². The third-order valence-corrected chi connectivity index (χ3v) is 4.94. The molecule has 0 bridgehead atoms. The van der Waals surface area contributed by atoms with E-state index in [2.05, 4.69) is 17.5 Å². The number of allylic oxidation sites excluding steroid dienone is 2. The van der Waals surface area contributed by atoms with Gasteiger partial charge in [0, 0.05) is 6.54 Å². The van der Waals surface area contributed by atoms with Gasteiger partial charge in [0.2, 0.25) is 0 Å². The second kappa shape index (κ2) is 8.91. The number of unbranched alkanes of at least 4 members (excludes halogenated alkanes) is 1. The van der Waals surface area contributed by atoms with E-state index < -0.39 is 12.0 Å². The van der Waals surface area contributed by atoms with Crippen molar-refractivity contribution in [2.24, 2.45) is 23.5 Å². The summed E-state index contributed by atoms with van der Waals surface area (Å²) in [6.07, 6.45) is 10.6. The van der Waals surface area contributed by atoms with Crippen LogP contribution < -0.4 is 11.1 Å². The Morgan fingerprint density at radius 3 is 2.48 bits per heavy atom. The van der Waals surface area contributed by atoms with Gasteiger partial charge in [0.15, 0.2) is 0 Å². The van der Waals surface area contributed by atoms with E-state index >= 15 is 0 Å². The molecule has 0 aliphatic heterocycles. The van der Waals surface area contributed by atoms with Crippen molar-refractivity contribution in [1.29, 1.82) is 0 Å². The van der Waals surface area contributed by atoms with E-state index in [4.69, 9.17) is 15.6 Å². The predicted octanol–water partition coefficient (Wildman–Crippen LogP) is 2.29. The second-order valence-corrected chi connectivity index (χ2v) is 6.58. The van der Waals surface area contributed by atoms with Crippen molar-refractivity contribution < 1.29 is 19.4 Å². The largest absolute Gasteiger partial charge is 0.480 e. The summed E-state index contributed by atoms with van der Waals surface area (Å²) in [5.41, 5.74) is 5.41. The molecule has 1 fully saturated rings. The fourth-order valence-electron chi connectivity index (χ4n) is 3.47. The van der Waals surface area contributed by atoms with Crippen LogP contribution in [0.4, 0.5) is 4.79 Å². The molecule has 2 aliphatic rings. The number of carbonyl (C=O) groups is 2. The van der Waals surface area contributed by atoms with Crippen LogP contribution >= 0.6 is 0 Å². The molecule has 6 nitrogen and oxygen atoms in total. The molecule has 6 heteroatoms. The lowest BCUT2D eigenvalue weighted by molar-refractivity contribution is -0.138. The molecule has 23 heavy (non-hydrogen) atoms. The van der Waals surface area contributed by atoms with Crippen molar-refractivity contribution >= 4 is 12.1 Å². The summed E-state index contributed by atoms with van der Waals surface area (Å²) < 4.78 is 5.32. The van der Waals surface area contributed by atoms with Crippen molar-refractivity contribution in [2.75, 3.05) is 13.2 Å². The molecule has 0 spiro atoms. The summed E-state index contributed by atoms with van der Waals surface area (Å²) >= 11 is 0. The average molecular weight is 324 g/mol. The monoisotopic (exact) mass is 324 g/mol. The Morgan fingerprint density at radius 1 is 1.22 bits per heavy atom. The van der Waals surface area contributed by atoms with Gasteiger partial charge < -0.3 is 20.9 Å². The normalized spacial score (nSPS) is 28.7. The predicted molar refractivity (Wildman–Crippen MR) is 86.9 cm³/mol. The van der Waals surface area contributed by atoms with Gasteiger partial charge in [0.25, 0.3) is 0 Å². The molecule has 130 valence electrons. The topological polar surface area (TPSA) is 102 Å². The highest BCUT2D eigenvalue weighted by Crippen LogP contribution is 2.52. The first-order valence-electron chi connectivity index (χ1n) is 8.63. The number of alkyl carbamates (subject to hydrolysis) is 1. The molecule has 0 unspecified atom stereocenters. The second-order valence-electron chi connectivity index (χ2n) is 6.58. The first-order valence-corrected chi connectivity index (χ1v) is 8.63. The van der Waals surface area contributed by atoms with Crippen LogP contribution in [-0.4, -0.2) is 36.4 Å². The van der Waals surface area contributed by atoms with Gasteiger partial charge in [0.1, 0.15) is 6.04 Å². The molecule has 0 saturated heterocycles. The minimum absolute atomic E-state index is 0.370. The summed E-state index contributed by atoms with van der Waals surface area (Å²) in [5, 5.41) is 11.4. The zero-order chi connectivity index (χ0) is 16.7. The molecule has 0 radical (unpaired) electrons. The summed E-state index contributed by atoms with van der Waals surface area (Å²) in [4.78, 5) is 22.2. The fourth-order valence-corrected chi connectivity index (χ4v) is 3.47. The van der Waals surface area contributed by atoms with Gasteiger partial charge in [-0.2, -0.15) is 0 Å². The number of fused-ring (bicyclic) bond motifs is 1. The molecule has 0 heterocycles. The molecule has 1 amide bonds. The Hall–Kier alpha value is -1.56. The molecular weight excluding hydrogens is 296 g/mol. The highest BCUT2D eigenvalue weighted by molar-refractivity contribution is 5.72. The van der Waals surface area contributed by atoms with Gasteiger partial charge in [-0.15, -0.1) is 0 Å². The molecule has 4 N–H and O–H groups in total. The van der Waals surface area contributed by atoms with Crippen LogP contribution in [0, 0.1) is 17.8 Å². The lowest BCUT2D eigenvalue weighted by Crippen LogP contribution is -2.30. The number of carboxylic acid groups (broad SMARTS) is 1. The summed E-state index contributed by atoms with van der Waals surface area (Å²) in [5.74, 6) is 1.01. The van der Waals surface area contributed by atoms with Crippen LogP contribution in [0.5, 0.6) is 0 Å². The minimum atomic E-state index is -0.981. The molecule has 0 aromatic heterocycles. The molecule has 2 aliphatic carbocycles. The van der Waals surface area contributed by atoms with E-state index in [1.54, 1.807) is 0 Å². The number of hydrogen-bond donors (Lipinski definition) is 3. The number of hydrogen-bond acceptors (Lipinski definition) is 4. The number of nitrogens with one attached hydrogen (secondary N) is 1. The molecule has 0 aromatic rings. The van der Waals surface area contributed by atoms with Crippen molar-refractivity contribution in [3.63, 3.8) is 0 Å². The van der Waals surface area contributed by atoms with Crippen LogP contribution in [0.15, 0.2) is 12.2 Å². The van der Waals surface area contributed by atoms with E-state index in [-0.39, 0.29) is 6.09 Å². The van der Waals surface area contributed by atoms with Gasteiger partial charge in [0.05, 0.1) is 6.61 Å². The number of ether oxygens (including phenoxy) is 1. The Balaban J connectivity index is 1.50. The number of carboxylic acids is 1. The zero-order valence-electron chi connectivity index (χ0n) is 13.6. The highest BCUT2D eigenvalue weighted by Gasteiger charge is 2.49. The van der Waals surface area contributed by atoms with Gasteiger partial charge in [-0.25, -0.2) is 4.79 Å². The number of aliphatic carboxylic acids is 1. The first-order chi connectivity index (χ1) is 11.1. The molecule has 4 atom stereocenters. The third-order valence-electron chi connectivity index (χ3n) is 4.94. The van der Waals surface area contributed by atoms with Crippen LogP contribution in [0.3, 0.4) is 0 Å².